The number of likely N-dealkylation sites (N-methyl/N-ethyl adjacent to an activating group) is 1. The zero-order chi connectivity index (χ0) is 15.2. The Morgan fingerprint density at radius 2 is 1.86 bits per heavy atom. The van der Waals surface area contributed by atoms with Crippen LogP contribution in [-0.2, 0) is 6.54 Å². The van der Waals surface area contributed by atoms with Gasteiger partial charge in [-0.25, -0.2) is 9.59 Å². The Labute approximate surface area is 124 Å². The molecule has 0 bridgehead atoms. The maximum absolute atomic E-state index is 12.1. The third kappa shape index (κ3) is 4.46. The number of carbonyl (C=O) groups is 2. The van der Waals surface area contributed by atoms with E-state index in [1.54, 1.807) is 24.3 Å². The molecule has 2 amide bonds. The average molecular weight is 291 g/mol. The monoisotopic (exact) mass is 291 g/mol. The van der Waals surface area contributed by atoms with Crippen molar-refractivity contribution < 1.29 is 14.7 Å². The van der Waals surface area contributed by atoms with Crippen LogP contribution in [0.1, 0.15) is 22.3 Å². The quantitative estimate of drug-likeness (QED) is 0.878. The van der Waals surface area contributed by atoms with Gasteiger partial charge in [-0.15, -0.1) is 0 Å². The molecule has 1 aromatic rings. The molecule has 1 aromatic carbocycles. The number of hydrogen-bond acceptors (Lipinski definition) is 3. The van der Waals surface area contributed by atoms with Crippen molar-refractivity contribution in [3.05, 3.63) is 35.4 Å². The third-order valence-corrected chi connectivity index (χ3v) is 3.65. The van der Waals surface area contributed by atoms with E-state index in [2.05, 4.69) is 17.3 Å². The maximum atomic E-state index is 12.1. The zero-order valence-electron chi connectivity index (χ0n) is 12.2. The average Bonchev–Trinajstić information content (AvgIpc) is 2.70. The van der Waals surface area contributed by atoms with E-state index in [1.165, 1.54) is 0 Å². The van der Waals surface area contributed by atoms with Crippen molar-refractivity contribution in [1.82, 2.24) is 15.1 Å². The molecule has 1 heterocycles. The van der Waals surface area contributed by atoms with Crippen molar-refractivity contribution in [2.24, 2.45) is 0 Å². The largest absolute Gasteiger partial charge is 0.478 e. The standard InChI is InChI=1S/C15H21N3O3/c1-17-7-2-8-18(10-9-17)15(21)16-11-12-3-5-13(6-4-12)14(19)20/h3-6H,2,7-11H2,1H3,(H,16,21)(H,19,20). The fourth-order valence-electron chi connectivity index (χ4n) is 2.30. The van der Waals surface area contributed by atoms with E-state index < -0.39 is 5.97 Å². The van der Waals surface area contributed by atoms with E-state index in [0.717, 1.165) is 38.2 Å². The van der Waals surface area contributed by atoms with Crippen LogP contribution in [0.2, 0.25) is 0 Å². The van der Waals surface area contributed by atoms with E-state index in [9.17, 15) is 9.59 Å². The van der Waals surface area contributed by atoms with E-state index in [4.69, 9.17) is 5.11 Å². The number of aromatic carboxylic acids is 1. The lowest BCUT2D eigenvalue weighted by Crippen LogP contribution is -2.41. The minimum absolute atomic E-state index is 0.0624. The lowest BCUT2D eigenvalue weighted by Gasteiger charge is -2.21. The van der Waals surface area contributed by atoms with Crippen molar-refractivity contribution in [1.29, 1.82) is 0 Å². The highest BCUT2D eigenvalue weighted by atomic mass is 16.4. The Hall–Kier alpha value is -2.08. The Bertz CT molecular complexity index is 501. The summed E-state index contributed by atoms with van der Waals surface area (Å²) >= 11 is 0. The van der Waals surface area contributed by atoms with Gasteiger partial charge in [-0.2, -0.15) is 0 Å². The summed E-state index contributed by atoms with van der Waals surface area (Å²) in [5.41, 5.74) is 1.14. The van der Waals surface area contributed by atoms with Gasteiger partial charge in [-0.3, -0.25) is 0 Å². The second-order valence-electron chi connectivity index (χ2n) is 5.30. The van der Waals surface area contributed by atoms with Crippen molar-refractivity contribution in [3.8, 4) is 0 Å². The van der Waals surface area contributed by atoms with Gasteiger partial charge in [0, 0.05) is 26.2 Å². The molecule has 0 aromatic heterocycles. The summed E-state index contributed by atoms with van der Waals surface area (Å²) in [5.74, 6) is -0.945. The van der Waals surface area contributed by atoms with Gasteiger partial charge in [0.05, 0.1) is 5.56 Å². The number of benzene rings is 1. The van der Waals surface area contributed by atoms with Crippen LogP contribution in [0.5, 0.6) is 0 Å². The second-order valence-corrected chi connectivity index (χ2v) is 5.30. The van der Waals surface area contributed by atoms with Crippen LogP contribution in [0.25, 0.3) is 0 Å². The number of hydrogen-bond donors (Lipinski definition) is 2. The number of rotatable bonds is 3. The number of urea groups is 1. The van der Waals surface area contributed by atoms with E-state index in [-0.39, 0.29) is 11.6 Å². The zero-order valence-corrected chi connectivity index (χ0v) is 12.2. The number of carboxylic acids is 1. The molecule has 21 heavy (non-hydrogen) atoms. The fourth-order valence-corrected chi connectivity index (χ4v) is 2.30. The van der Waals surface area contributed by atoms with Crippen LogP contribution < -0.4 is 5.32 Å². The van der Waals surface area contributed by atoms with Crippen molar-refractivity contribution >= 4 is 12.0 Å². The molecule has 2 N–H and O–H groups in total. The highest BCUT2D eigenvalue weighted by molar-refractivity contribution is 5.87. The summed E-state index contributed by atoms with van der Waals surface area (Å²) in [7, 11) is 2.06. The van der Waals surface area contributed by atoms with Gasteiger partial charge in [-0.05, 0) is 37.7 Å². The Morgan fingerprint density at radius 3 is 2.52 bits per heavy atom. The summed E-state index contributed by atoms with van der Waals surface area (Å²) in [6.45, 7) is 3.82. The highest BCUT2D eigenvalue weighted by Gasteiger charge is 2.16. The van der Waals surface area contributed by atoms with E-state index >= 15 is 0 Å². The first-order chi connectivity index (χ1) is 10.1. The van der Waals surface area contributed by atoms with Crippen LogP contribution in [-0.4, -0.2) is 60.1 Å². The minimum Gasteiger partial charge on any atom is -0.478 e. The molecule has 0 unspecified atom stereocenters. The smallest absolute Gasteiger partial charge is 0.335 e. The summed E-state index contributed by atoms with van der Waals surface area (Å²) in [4.78, 5) is 26.9. The minimum atomic E-state index is -0.945. The molecule has 0 atom stereocenters. The number of carbonyl (C=O) groups excluding carboxylic acids is 1. The molecule has 0 aliphatic carbocycles. The molecule has 1 saturated heterocycles. The number of carboxylic acid groups (broad SMARTS) is 1. The van der Waals surface area contributed by atoms with E-state index in [0.29, 0.717) is 6.54 Å². The molecule has 6 nitrogen and oxygen atoms in total. The normalized spacial score (nSPS) is 16.3. The molecular weight excluding hydrogens is 270 g/mol. The van der Waals surface area contributed by atoms with Crippen LogP contribution >= 0.6 is 0 Å². The Morgan fingerprint density at radius 1 is 1.14 bits per heavy atom. The molecular formula is C15H21N3O3. The van der Waals surface area contributed by atoms with E-state index in [1.807, 2.05) is 4.90 Å². The van der Waals surface area contributed by atoms with Gasteiger partial charge < -0.3 is 20.2 Å². The van der Waals surface area contributed by atoms with Crippen LogP contribution in [0.4, 0.5) is 4.79 Å². The second kappa shape index (κ2) is 7.08. The van der Waals surface area contributed by atoms with Gasteiger partial charge >= 0.3 is 12.0 Å². The van der Waals surface area contributed by atoms with Gasteiger partial charge in [0.2, 0.25) is 0 Å². The Balaban J connectivity index is 1.84. The molecule has 1 aliphatic heterocycles. The maximum Gasteiger partial charge on any atom is 0.335 e. The summed E-state index contributed by atoms with van der Waals surface area (Å²) < 4.78 is 0. The highest BCUT2D eigenvalue weighted by Crippen LogP contribution is 2.05. The fraction of sp³-hybridized carbons (Fsp3) is 0.467. The Kier molecular flexibility index (Phi) is 5.16. The SMILES string of the molecule is CN1CCCN(C(=O)NCc2ccc(C(=O)O)cc2)CC1. The van der Waals surface area contributed by atoms with Gasteiger partial charge in [0.1, 0.15) is 0 Å². The summed E-state index contributed by atoms with van der Waals surface area (Å²) in [6.07, 6.45) is 0.983. The predicted octanol–water partition coefficient (Wildman–Crippen LogP) is 1.23. The molecule has 0 radical (unpaired) electrons. The molecule has 1 aliphatic rings. The first kappa shape index (κ1) is 15.3. The molecule has 0 saturated carbocycles. The number of amides is 2. The number of nitrogens with one attached hydrogen (secondary N) is 1. The summed E-state index contributed by atoms with van der Waals surface area (Å²) in [6, 6.07) is 6.47. The van der Waals surface area contributed by atoms with Crippen LogP contribution in [0.3, 0.4) is 0 Å². The topological polar surface area (TPSA) is 72.9 Å². The molecule has 6 heteroatoms. The predicted molar refractivity (Wildman–Crippen MR) is 79.3 cm³/mol. The number of nitrogens with zero attached hydrogens (tertiary/aromatic N) is 2. The molecule has 1 fully saturated rings. The third-order valence-electron chi connectivity index (χ3n) is 3.65. The van der Waals surface area contributed by atoms with Crippen molar-refractivity contribution in [2.45, 2.75) is 13.0 Å². The van der Waals surface area contributed by atoms with Gasteiger partial charge in [0.25, 0.3) is 0 Å². The van der Waals surface area contributed by atoms with Crippen molar-refractivity contribution in [3.63, 3.8) is 0 Å². The lowest BCUT2D eigenvalue weighted by atomic mass is 10.1. The first-order valence-corrected chi connectivity index (χ1v) is 7.10. The van der Waals surface area contributed by atoms with Crippen LogP contribution in [0, 0.1) is 0 Å². The van der Waals surface area contributed by atoms with Gasteiger partial charge in [0.15, 0.2) is 0 Å². The molecule has 0 spiro atoms. The molecule has 2 rings (SSSR count). The van der Waals surface area contributed by atoms with Crippen LogP contribution in [0.15, 0.2) is 24.3 Å². The lowest BCUT2D eigenvalue weighted by molar-refractivity contribution is 0.0697. The van der Waals surface area contributed by atoms with Crippen molar-refractivity contribution in [2.75, 3.05) is 33.2 Å². The molecule has 114 valence electrons. The van der Waals surface area contributed by atoms with Gasteiger partial charge in [-0.1, -0.05) is 12.1 Å². The first-order valence-electron chi connectivity index (χ1n) is 7.10. The summed E-state index contributed by atoms with van der Waals surface area (Å²) in [5, 5.41) is 11.7.